The van der Waals surface area contributed by atoms with E-state index in [1.807, 2.05) is 4.90 Å². The minimum absolute atomic E-state index is 0.00503. The summed E-state index contributed by atoms with van der Waals surface area (Å²) in [5.74, 6) is -0.993. The Bertz CT molecular complexity index is 1150. The fourth-order valence-electron chi connectivity index (χ4n) is 3.85. The van der Waals surface area contributed by atoms with E-state index in [2.05, 4.69) is 31.9 Å². The number of hydrogen-bond acceptors (Lipinski definition) is 8. The van der Waals surface area contributed by atoms with Crippen molar-refractivity contribution >= 4 is 22.9 Å². The van der Waals surface area contributed by atoms with E-state index in [4.69, 9.17) is 4.74 Å². The maximum atomic E-state index is 14.5. The van der Waals surface area contributed by atoms with Crippen molar-refractivity contribution in [3.8, 4) is 5.75 Å². The maximum absolute atomic E-state index is 14.5. The average molecular weight is 507 g/mol. The monoisotopic (exact) mass is 507 g/mol. The Kier molecular flexibility index (Phi) is 7.87. The average Bonchev–Trinajstić information content (AvgIpc) is 2.86. The zero-order valence-electron chi connectivity index (χ0n) is 19.1. The molecule has 36 heavy (non-hydrogen) atoms. The van der Waals surface area contributed by atoms with Crippen molar-refractivity contribution in [3.63, 3.8) is 0 Å². The van der Waals surface area contributed by atoms with Crippen LogP contribution in [0, 0.1) is 5.82 Å². The number of allylic oxidation sites excluding steroid dienone is 2. The molecule has 192 valence electrons. The Hall–Kier alpha value is -3.48. The molecule has 2 aliphatic rings. The molecule has 0 saturated carbocycles. The molecule has 8 nitrogen and oxygen atoms in total. The van der Waals surface area contributed by atoms with E-state index < -0.39 is 24.2 Å². The minimum Gasteiger partial charge on any atom is -0.402 e. The number of aliphatic hydroxyl groups excluding tert-OH is 1. The van der Waals surface area contributed by atoms with E-state index in [-0.39, 0.29) is 17.7 Å². The molecular weight excluding hydrogens is 482 g/mol. The number of nitrogens with one attached hydrogen (secondary N) is 2. The molecule has 2 aromatic rings. The lowest BCUT2D eigenvalue weighted by molar-refractivity contribution is -0.274. The lowest BCUT2D eigenvalue weighted by atomic mass is 9.99. The van der Waals surface area contributed by atoms with Crippen LogP contribution in [0.4, 0.5) is 34.9 Å². The van der Waals surface area contributed by atoms with Crippen molar-refractivity contribution in [2.45, 2.75) is 25.1 Å². The predicted molar refractivity (Wildman–Crippen MR) is 126 cm³/mol. The summed E-state index contributed by atoms with van der Waals surface area (Å²) < 4.78 is 63.1. The number of anilines is 3. The summed E-state index contributed by atoms with van der Waals surface area (Å²) in [5.41, 5.74) is 1.06. The zero-order chi connectivity index (χ0) is 25.7. The van der Waals surface area contributed by atoms with Gasteiger partial charge in [-0.2, -0.15) is 0 Å². The predicted octanol–water partition coefficient (Wildman–Crippen LogP) is 3.90. The number of benzene rings is 1. The number of alkyl halides is 3. The molecule has 1 aliphatic carbocycles. The van der Waals surface area contributed by atoms with E-state index in [1.54, 1.807) is 24.3 Å². The van der Waals surface area contributed by atoms with Gasteiger partial charge in [0.2, 0.25) is 5.95 Å². The van der Waals surface area contributed by atoms with Crippen LogP contribution in [-0.4, -0.2) is 60.0 Å². The van der Waals surface area contributed by atoms with Crippen LogP contribution >= 0.6 is 0 Å². The summed E-state index contributed by atoms with van der Waals surface area (Å²) in [6, 6.07) is 3.98. The number of aliphatic hydroxyl groups is 1. The lowest BCUT2D eigenvalue weighted by Crippen LogP contribution is -2.36. The third-order valence-electron chi connectivity index (χ3n) is 5.48. The summed E-state index contributed by atoms with van der Waals surface area (Å²) in [4.78, 5) is 10.1. The van der Waals surface area contributed by atoms with Crippen LogP contribution in [-0.2, 0) is 4.74 Å². The van der Waals surface area contributed by atoms with E-state index in [1.165, 1.54) is 18.2 Å². The Morgan fingerprint density at radius 3 is 2.78 bits per heavy atom. The Morgan fingerprint density at radius 2 is 2.06 bits per heavy atom. The Morgan fingerprint density at radius 1 is 1.28 bits per heavy atom. The zero-order valence-corrected chi connectivity index (χ0v) is 19.1. The number of ether oxygens (including phenoxy) is 2. The number of nitrogens with zero attached hydrogens (tertiary/aromatic N) is 3. The van der Waals surface area contributed by atoms with Gasteiger partial charge in [0.15, 0.2) is 5.75 Å². The fraction of sp³-hybridized carbons (Fsp3) is 0.333. The first-order chi connectivity index (χ1) is 17.2. The molecule has 1 aromatic heterocycles. The standard InChI is InChI=1S/C24H25F4N5O3/c1-2-21(34)30-16-5-3-4-15(12-16)22-20(36-24(26,27)28)14-29-23(32-22)31-17-6-7-18(25)19(13-17)33-8-10-35-11-9-33/h2-4,6-7,12-14,16,21,30,34H,1,5,8-11H2,(H,29,31,32). The first kappa shape index (κ1) is 25.6. The van der Waals surface area contributed by atoms with Crippen molar-refractivity contribution in [1.82, 2.24) is 15.3 Å². The van der Waals surface area contributed by atoms with E-state index in [0.717, 1.165) is 6.20 Å². The van der Waals surface area contributed by atoms with Crippen LogP contribution in [0.5, 0.6) is 5.75 Å². The van der Waals surface area contributed by atoms with Crippen LogP contribution in [0.3, 0.4) is 0 Å². The summed E-state index contributed by atoms with van der Waals surface area (Å²) in [5, 5.41) is 15.6. The van der Waals surface area contributed by atoms with Gasteiger partial charge in [0.25, 0.3) is 0 Å². The highest BCUT2D eigenvalue weighted by Crippen LogP contribution is 2.33. The molecule has 1 fully saturated rings. The SMILES string of the molecule is C=CC(O)NC1C=C(c2nc(Nc3ccc(F)c(N4CCOCC4)c3)ncc2OC(F)(F)F)C=CC1. The second-order valence-corrected chi connectivity index (χ2v) is 8.06. The second kappa shape index (κ2) is 11.1. The molecule has 2 atom stereocenters. The summed E-state index contributed by atoms with van der Waals surface area (Å²) in [7, 11) is 0. The molecule has 12 heteroatoms. The number of rotatable bonds is 8. The van der Waals surface area contributed by atoms with Gasteiger partial charge >= 0.3 is 6.36 Å². The van der Waals surface area contributed by atoms with Crippen molar-refractivity contribution in [1.29, 1.82) is 0 Å². The van der Waals surface area contributed by atoms with Gasteiger partial charge in [-0.3, -0.25) is 5.32 Å². The number of halogens is 4. The fourth-order valence-corrected chi connectivity index (χ4v) is 3.85. The second-order valence-electron chi connectivity index (χ2n) is 8.06. The number of hydrogen-bond donors (Lipinski definition) is 3. The molecule has 0 spiro atoms. The van der Waals surface area contributed by atoms with Gasteiger partial charge in [-0.15, -0.1) is 13.2 Å². The molecule has 3 N–H and O–H groups in total. The highest BCUT2D eigenvalue weighted by molar-refractivity contribution is 5.77. The maximum Gasteiger partial charge on any atom is 0.573 e. The largest absolute Gasteiger partial charge is 0.573 e. The van der Waals surface area contributed by atoms with Crippen molar-refractivity contribution in [2.75, 3.05) is 36.5 Å². The van der Waals surface area contributed by atoms with E-state index in [0.29, 0.717) is 49.7 Å². The van der Waals surface area contributed by atoms with E-state index in [9.17, 15) is 22.7 Å². The summed E-state index contributed by atoms with van der Waals surface area (Å²) in [6.45, 7) is 5.51. The van der Waals surface area contributed by atoms with Crippen LogP contribution in [0.15, 0.2) is 55.3 Å². The van der Waals surface area contributed by atoms with Gasteiger partial charge in [-0.1, -0.05) is 24.8 Å². The smallest absolute Gasteiger partial charge is 0.402 e. The molecule has 1 aliphatic heterocycles. The molecule has 0 amide bonds. The van der Waals surface area contributed by atoms with Gasteiger partial charge in [-0.25, -0.2) is 14.4 Å². The molecule has 0 bridgehead atoms. The molecule has 4 rings (SSSR count). The topological polar surface area (TPSA) is 91.8 Å². The van der Waals surface area contributed by atoms with E-state index >= 15 is 0 Å². The van der Waals surface area contributed by atoms with Crippen LogP contribution in [0.1, 0.15) is 12.1 Å². The van der Waals surface area contributed by atoms with Gasteiger partial charge in [-0.05, 0) is 30.7 Å². The van der Waals surface area contributed by atoms with Gasteiger partial charge in [0.05, 0.1) is 25.1 Å². The summed E-state index contributed by atoms with van der Waals surface area (Å²) >= 11 is 0. The molecule has 1 aromatic carbocycles. The molecular formula is C24H25F4N5O3. The molecule has 0 radical (unpaired) electrons. The van der Waals surface area contributed by atoms with Crippen LogP contribution < -0.4 is 20.3 Å². The molecule has 1 saturated heterocycles. The molecule has 2 heterocycles. The normalized spacial score (nSPS) is 19.0. The van der Waals surface area contributed by atoms with Crippen molar-refractivity contribution < 1.29 is 32.1 Å². The van der Waals surface area contributed by atoms with Crippen molar-refractivity contribution in [2.24, 2.45) is 0 Å². The quantitative estimate of drug-likeness (QED) is 0.282. The van der Waals surface area contributed by atoms with Gasteiger partial charge in [0, 0.05) is 30.4 Å². The van der Waals surface area contributed by atoms with Crippen LogP contribution in [0.25, 0.3) is 5.57 Å². The first-order valence-corrected chi connectivity index (χ1v) is 11.2. The minimum atomic E-state index is -4.95. The number of aromatic nitrogens is 2. The molecule has 2 unspecified atom stereocenters. The number of morpholine rings is 1. The van der Waals surface area contributed by atoms with Crippen molar-refractivity contribution in [3.05, 3.63) is 66.8 Å². The third kappa shape index (κ3) is 6.59. The van der Waals surface area contributed by atoms with Gasteiger partial charge < -0.3 is 24.8 Å². The lowest BCUT2D eigenvalue weighted by Gasteiger charge is -2.29. The van der Waals surface area contributed by atoms with Gasteiger partial charge in [0.1, 0.15) is 17.7 Å². The third-order valence-corrected chi connectivity index (χ3v) is 5.48. The van der Waals surface area contributed by atoms with Crippen LogP contribution in [0.2, 0.25) is 0 Å². The highest BCUT2D eigenvalue weighted by atomic mass is 19.4. The first-order valence-electron chi connectivity index (χ1n) is 11.2. The Balaban J connectivity index is 1.64. The highest BCUT2D eigenvalue weighted by Gasteiger charge is 2.33. The Labute approximate surface area is 204 Å². The summed E-state index contributed by atoms with van der Waals surface area (Å²) in [6.07, 6.45) is 1.76.